The fourth-order valence-corrected chi connectivity index (χ4v) is 5.86. The maximum atomic E-state index is 14.0. The lowest BCUT2D eigenvalue weighted by molar-refractivity contribution is -0.134. The summed E-state index contributed by atoms with van der Waals surface area (Å²) in [7, 11) is 0. The summed E-state index contributed by atoms with van der Waals surface area (Å²) in [5.41, 5.74) is 2.48. The van der Waals surface area contributed by atoms with Crippen LogP contribution in [0.5, 0.6) is 0 Å². The first-order valence-corrected chi connectivity index (χ1v) is 13.7. The van der Waals surface area contributed by atoms with Crippen LogP contribution in [-0.2, 0) is 16.0 Å². The molecule has 0 radical (unpaired) electrons. The number of carboxylic acids is 2. The summed E-state index contributed by atoms with van der Waals surface area (Å²) in [6, 6.07) is 12.2. The summed E-state index contributed by atoms with van der Waals surface area (Å²) in [5, 5.41) is 24.7. The van der Waals surface area contributed by atoms with Crippen molar-refractivity contribution in [2.75, 3.05) is 45.6 Å². The van der Waals surface area contributed by atoms with Crippen molar-refractivity contribution < 1.29 is 29.3 Å². The summed E-state index contributed by atoms with van der Waals surface area (Å²) in [6.45, 7) is 5.29. The summed E-state index contributed by atoms with van der Waals surface area (Å²) in [6.07, 6.45) is 4.92. The number of fused-ring (bicyclic) bond motifs is 2. The summed E-state index contributed by atoms with van der Waals surface area (Å²) in [4.78, 5) is 27.8. The van der Waals surface area contributed by atoms with Gasteiger partial charge < -0.3 is 20.2 Å². The lowest BCUT2D eigenvalue weighted by atomic mass is 9.96. The van der Waals surface area contributed by atoms with Gasteiger partial charge in [-0.25, -0.2) is 14.0 Å². The Kier molecular flexibility index (Phi) is 10.8. The molecule has 36 heavy (non-hydrogen) atoms. The molecule has 7 nitrogen and oxygen atoms in total. The highest BCUT2D eigenvalue weighted by atomic mass is 32.2. The van der Waals surface area contributed by atoms with Gasteiger partial charge in [-0.05, 0) is 66.6 Å². The van der Waals surface area contributed by atoms with Gasteiger partial charge in [0.1, 0.15) is 5.82 Å². The second-order valence-electron chi connectivity index (χ2n) is 8.44. The average Bonchev–Trinajstić information content (AvgIpc) is 3.03. The number of aliphatic carboxylic acids is 2. The van der Waals surface area contributed by atoms with Crippen LogP contribution in [0, 0.1) is 5.82 Å². The minimum atomic E-state index is -1.26. The van der Waals surface area contributed by atoms with Crippen LogP contribution in [0.15, 0.2) is 63.2 Å². The number of thioether (sulfide) groups is 1. The van der Waals surface area contributed by atoms with Crippen molar-refractivity contribution in [1.82, 2.24) is 9.80 Å². The van der Waals surface area contributed by atoms with Crippen molar-refractivity contribution in [2.45, 2.75) is 33.6 Å². The highest BCUT2D eigenvalue weighted by Gasteiger charge is 2.30. The zero-order chi connectivity index (χ0) is 26.1. The SMILES string of the molecule is CSc1ccc2c(c1)C(N1CCN(CCCO)CC1)Cc1cc(F)ccc1S2.O=C(O)/C=C\C(=O)O. The van der Waals surface area contributed by atoms with E-state index in [1.807, 2.05) is 6.07 Å². The van der Waals surface area contributed by atoms with Gasteiger partial charge in [0.15, 0.2) is 0 Å². The van der Waals surface area contributed by atoms with E-state index in [4.69, 9.17) is 15.3 Å². The number of carbonyl (C=O) groups is 2. The van der Waals surface area contributed by atoms with Crippen LogP contribution in [0.4, 0.5) is 4.39 Å². The minimum absolute atomic E-state index is 0.150. The molecule has 0 spiro atoms. The fraction of sp³-hybridized carbons (Fsp3) is 0.385. The van der Waals surface area contributed by atoms with E-state index in [-0.39, 0.29) is 18.5 Å². The number of rotatable bonds is 7. The number of hydrogen-bond acceptors (Lipinski definition) is 7. The third kappa shape index (κ3) is 8.07. The highest BCUT2D eigenvalue weighted by molar-refractivity contribution is 7.99. The van der Waals surface area contributed by atoms with Gasteiger partial charge in [0, 0.05) is 72.2 Å². The fourth-order valence-electron chi connectivity index (χ4n) is 4.31. The zero-order valence-corrected chi connectivity index (χ0v) is 21.7. The highest BCUT2D eigenvalue weighted by Crippen LogP contribution is 2.44. The lowest BCUT2D eigenvalue weighted by Crippen LogP contribution is -2.48. The van der Waals surface area contributed by atoms with Crippen molar-refractivity contribution in [3.8, 4) is 0 Å². The predicted octanol–water partition coefficient (Wildman–Crippen LogP) is 4.01. The summed E-state index contributed by atoms with van der Waals surface area (Å²) >= 11 is 3.54. The van der Waals surface area contributed by atoms with Crippen LogP contribution < -0.4 is 0 Å². The van der Waals surface area contributed by atoms with Gasteiger partial charge in [0.05, 0.1) is 0 Å². The second kappa shape index (κ2) is 13.8. The molecule has 0 saturated carbocycles. The second-order valence-corrected chi connectivity index (χ2v) is 10.4. The maximum absolute atomic E-state index is 14.0. The summed E-state index contributed by atoms with van der Waals surface area (Å²) in [5.74, 6) is -2.66. The Hall–Kier alpha value is -2.37. The lowest BCUT2D eigenvalue weighted by Gasteiger charge is -2.39. The molecule has 2 heterocycles. The molecule has 2 aromatic carbocycles. The molecule has 1 fully saturated rings. The number of piperazine rings is 1. The number of benzene rings is 2. The Morgan fingerprint density at radius 3 is 2.33 bits per heavy atom. The predicted molar refractivity (Wildman–Crippen MR) is 139 cm³/mol. The molecule has 0 amide bonds. The maximum Gasteiger partial charge on any atom is 0.328 e. The molecule has 3 N–H and O–H groups in total. The molecule has 1 atom stereocenters. The largest absolute Gasteiger partial charge is 0.478 e. The van der Waals surface area contributed by atoms with E-state index >= 15 is 0 Å². The molecule has 0 bridgehead atoms. The number of aliphatic hydroxyl groups excluding tert-OH is 1. The van der Waals surface area contributed by atoms with Crippen LogP contribution in [0.3, 0.4) is 0 Å². The van der Waals surface area contributed by atoms with Crippen LogP contribution >= 0.6 is 23.5 Å². The zero-order valence-electron chi connectivity index (χ0n) is 20.1. The quantitative estimate of drug-likeness (QED) is 0.359. The van der Waals surface area contributed by atoms with Gasteiger partial charge in [0.25, 0.3) is 0 Å². The normalized spacial score (nSPS) is 18.0. The molecule has 1 saturated heterocycles. The molecular formula is C26H31FN2O5S2. The van der Waals surface area contributed by atoms with Crippen LogP contribution in [-0.4, -0.2) is 82.6 Å². The summed E-state index contributed by atoms with van der Waals surface area (Å²) < 4.78 is 14.0. The van der Waals surface area contributed by atoms with Crippen molar-refractivity contribution in [2.24, 2.45) is 0 Å². The third-order valence-electron chi connectivity index (χ3n) is 6.08. The van der Waals surface area contributed by atoms with E-state index in [0.717, 1.165) is 51.1 Å². The van der Waals surface area contributed by atoms with E-state index in [1.165, 1.54) is 20.2 Å². The number of nitrogens with zero attached hydrogens (tertiary/aromatic N) is 2. The Morgan fingerprint density at radius 1 is 1.06 bits per heavy atom. The number of aliphatic hydroxyl groups is 1. The first kappa shape index (κ1) is 28.2. The van der Waals surface area contributed by atoms with Crippen LogP contribution in [0.25, 0.3) is 0 Å². The van der Waals surface area contributed by atoms with E-state index in [1.54, 1.807) is 35.7 Å². The van der Waals surface area contributed by atoms with E-state index in [2.05, 4.69) is 34.3 Å². The topological polar surface area (TPSA) is 101 Å². The number of hydrogen-bond donors (Lipinski definition) is 3. The first-order valence-electron chi connectivity index (χ1n) is 11.7. The van der Waals surface area contributed by atoms with E-state index < -0.39 is 11.9 Å². The van der Waals surface area contributed by atoms with Crippen molar-refractivity contribution in [1.29, 1.82) is 0 Å². The van der Waals surface area contributed by atoms with Crippen molar-refractivity contribution in [3.05, 3.63) is 65.5 Å². The van der Waals surface area contributed by atoms with Gasteiger partial charge in [-0.3, -0.25) is 4.90 Å². The third-order valence-corrected chi connectivity index (χ3v) is 8.02. The van der Waals surface area contributed by atoms with Crippen molar-refractivity contribution >= 4 is 35.5 Å². The minimum Gasteiger partial charge on any atom is -0.478 e. The molecule has 0 aromatic heterocycles. The number of carboxylic acid groups (broad SMARTS) is 2. The van der Waals surface area contributed by atoms with Crippen LogP contribution in [0.1, 0.15) is 23.6 Å². The van der Waals surface area contributed by atoms with E-state index in [9.17, 15) is 14.0 Å². The van der Waals surface area contributed by atoms with Crippen molar-refractivity contribution in [3.63, 3.8) is 0 Å². The number of halogens is 1. The molecule has 2 aliphatic heterocycles. The average molecular weight is 535 g/mol. The Labute approximate surface area is 219 Å². The van der Waals surface area contributed by atoms with Gasteiger partial charge in [-0.1, -0.05) is 11.8 Å². The smallest absolute Gasteiger partial charge is 0.328 e. The van der Waals surface area contributed by atoms with Gasteiger partial charge in [-0.15, -0.1) is 11.8 Å². The molecule has 10 heteroatoms. The molecule has 1 unspecified atom stereocenters. The Morgan fingerprint density at radius 2 is 1.72 bits per heavy atom. The van der Waals surface area contributed by atoms with Gasteiger partial charge in [0.2, 0.25) is 0 Å². The first-order chi connectivity index (χ1) is 17.3. The van der Waals surface area contributed by atoms with E-state index in [0.29, 0.717) is 12.2 Å². The van der Waals surface area contributed by atoms with Gasteiger partial charge in [-0.2, -0.15) is 0 Å². The molecule has 2 aromatic rings. The molecule has 0 aliphatic carbocycles. The molecule has 4 rings (SSSR count). The van der Waals surface area contributed by atoms with Gasteiger partial charge >= 0.3 is 11.9 Å². The Bertz CT molecular complexity index is 1070. The van der Waals surface area contributed by atoms with Crippen LogP contribution in [0.2, 0.25) is 0 Å². The Balaban J connectivity index is 0.000000392. The monoisotopic (exact) mass is 534 g/mol. The standard InChI is InChI=1S/C22H27FN2OS2.C4H4O4/c1-27-18-4-6-22-19(15-18)20(14-16-13-17(23)3-5-21(16)28-22)25-10-8-24(9-11-25)7-2-12-26;5-3(6)1-2-4(7)8/h3-6,13,15,20,26H,2,7-12,14H2,1H3;1-2H,(H,5,6)(H,7,8)/b;2-1-. The molecular weight excluding hydrogens is 503 g/mol. The molecule has 2 aliphatic rings. The molecule has 194 valence electrons.